The molecule has 0 atom stereocenters. The molecule has 6 heteroatoms. The molecule has 18 heavy (non-hydrogen) atoms. The third kappa shape index (κ3) is 2.46. The van der Waals surface area contributed by atoms with Crippen molar-refractivity contribution in [3.8, 4) is 6.07 Å². The Bertz CT molecular complexity index is 611. The topological polar surface area (TPSA) is 74.5 Å². The number of thiazole rings is 1. The van der Waals surface area contributed by atoms with Crippen LogP contribution in [0.3, 0.4) is 0 Å². The molecular weight excluding hydrogens is 246 g/mol. The highest BCUT2D eigenvalue weighted by Gasteiger charge is 2.10. The van der Waals surface area contributed by atoms with Gasteiger partial charge in [0.2, 0.25) is 0 Å². The minimum atomic E-state index is 0.520. The van der Waals surface area contributed by atoms with Crippen molar-refractivity contribution in [1.82, 2.24) is 15.2 Å². The molecule has 5 nitrogen and oxygen atoms in total. The van der Waals surface area contributed by atoms with Crippen molar-refractivity contribution in [2.75, 3.05) is 5.32 Å². The van der Waals surface area contributed by atoms with E-state index < -0.39 is 0 Å². The smallest absolute Gasteiger partial charge is 0.167 e. The maximum atomic E-state index is 9.15. The van der Waals surface area contributed by atoms with Crippen LogP contribution in [0.4, 0.5) is 5.82 Å². The van der Waals surface area contributed by atoms with Gasteiger partial charge in [0.15, 0.2) is 5.82 Å². The average Bonchev–Trinajstić information content (AvgIpc) is 2.77. The molecule has 2 aromatic rings. The fourth-order valence-corrected chi connectivity index (χ4v) is 2.15. The highest BCUT2D eigenvalue weighted by molar-refractivity contribution is 7.09. The molecule has 0 bridgehead atoms. The van der Waals surface area contributed by atoms with Gasteiger partial charge in [-0.05, 0) is 26.3 Å². The molecule has 2 heterocycles. The van der Waals surface area contributed by atoms with E-state index in [1.54, 1.807) is 11.3 Å². The van der Waals surface area contributed by atoms with Gasteiger partial charge < -0.3 is 5.32 Å². The van der Waals surface area contributed by atoms with Crippen LogP contribution in [-0.2, 0) is 6.54 Å². The zero-order chi connectivity index (χ0) is 13.1. The van der Waals surface area contributed by atoms with E-state index in [0.29, 0.717) is 17.9 Å². The van der Waals surface area contributed by atoms with E-state index in [4.69, 9.17) is 5.26 Å². The van der Waals surface area contributed by atoms with Gasteiger partial charge in [-0.2, -0.15) is 10.4 Å². The predicted octanol–water partition coefficient (Wildman–Crippen LogP) is 2.34. The summed E-state index contributed by atoms with van der Waals surface area (Å²) in [7, 11) is 0. The molecule has 0 aliphatic rings. The molecule has 92 valence electrons. The summed E-state index contributed by atoms with van der Waals surface area (Å²) in [6.45, 7) is 6.23. The van der Waals surface area contributed by atoms with Crippen molar-refractivity contribution in [2.24, 2.45) is 0 Å². The van der Waals surface area contributed by atoms with E-state index >= 15 is 0 Å². The van der Waals surface area contributed by atoms with Crippen LogP contribution in [0.5, 0.6) is 0 Å². The lowest BCUT2D eigenvalue weighted by molar-refractivity contribution is 0.933. The van der Waals surface area contributed by atoms with Gasteiger partial charge in [-0.15, -0.1) is 16.4 Å². The highest BCUT2D eigenvalue weighted by atomic mass is 32.1. The van der Waals surface area contributed by atoms with E-state index in [2.05, 4.69) is 26.6 Å². The predicted molar refractivity (Wildman–Crippen MR) is 70.4 cm³/mol. The first-order valence-corrected chi connectivity index (χ1v) is 6.38. The number of anilines is 1. The Balaban J connectivity index is 2.20. The Labute approximate surface area is 110 Å². The number of nitrogens with zero attached hydrogens (tertiary/aromatic N) is 4. The summed E-state index contributed by atoms with van der Waals surface area (Å²) in [6.07, 6.45) is 0. The lowest BCUT2D eigenvalue weighted by atomic mass is 10.1. The summed E-state index contributed by atoms with van der Waals surface area (Å²) < 4.78 is 0. The van der Waals surface area contributed by atoms with Crippen LogP contribution in [-0.4, -0.2) is 15.2 Å². The van der Waals surface area contributed by atoms with Gasteiger partial charge in [-0.25, -0.2) is 4.98 Å². The standard InChI is InChI=1S/C12H13N5S/c1-7-8(2)16-17-12(11(7)4-13)14-5-10-6-18-9(3)15-10/h6H,5H2,1-3H3,(H,14,17). The minimum Gasteiger partial charge on any atom is -0.362 e. The molecule has 2 rings (SSSR count). The average molecular weight is 259 g/mol. The van der Waals surface area contributed by atoms with E-state index in [-0.39, 0.29) is 0 Å². The van der Waals surface area contributed by atoms with Crippen molar-refractivity contribution in [1.29, 1.82) is 5.26 Å². The van der Waals surface area contributed by atoms with Crippen molar-refractivity contribution in [2.45, 2.75) is 27.3 Å². The second-order valence-electron chi connectivity index (χ2n) is 3.96. The van der Waals surface area contributed by atoms with Crippen LogP contribution < -0.4 is 5.32 Å². The number of aromatic nitrogens is 3. The Morgan fingerprint density at radius 1 is 1.33 bits per heavy atom. The molecule has 0 radical (unpaired) electrons. The fourth-order valence-electron chi connectivity index (χ4n) is 1.53. The zero-order valence-electron chi connectivity index (χ0n) is 10.5. The first-order valence-electron chi connectivity index (χ1n) is 5.50. The van der Waals surface area contributed by atoms with Gasteiger partial charge >= 0.3 is 0 Å². The largest absolute Gasteiger partial charge is 0.362 e. The number of hydrogen-bond donors (Lipinski definition) is 1. The molecule has 2 aromatic heterocycles. The summed E-state index contributed by atoms with van der Waals surface area (Å²) in [5.41, 5.74) is 3.14. The Morgan fingerprint density at radius 2 is 2.11 bits per heavy atom. The fraction of sp³-hybridized carbons (Fsp3) is 0.333. The molecule has 1 N–H and O–H groups in total. The van der Waals surface area contributed by atoms with E-state index in [9.17, 15) is 0 Å². The number of hydrogen-bond acceptors (Lipinski definition) is 6. The van der Waals surface area contributed by atoms with Crippen LogP contribution in [0, 0.1) is 32.1 Å². The molecular formula is C12H13N5S. The number of nitrogens with one attached hydrogen (secondary N) is 1. The quantitative estimate of drug-likeness (QED) is 0.915. The maximum Gasteiger partial charge on any atom is 0.167 e. The maximum absolute atomic E-state index is 9.15. The lowest BCUT2D eigenvalue weighted by Gasteiger charge is -2.08. The third-order valence-electron chi connectivity index (χ3n) is 2.67. The van der Waals surface area contributed by atoms with Gasteiger partial charge in [0.25, 0.3) is 0 Å². The first kappa shape index (κ1) is 12.5. The number of rotatable bonds is 3. The summed E-state index contributed by atoms with van der Waals surface area (Å²) in [6, 6.07) is 2.16. The zero-order valence-corrected chi connectivity index (χ0v) is 11.3. The van der Waals surface area contributed by atoms with Gasteiger partial charge in [-0.3, -0.25) is 0 Å². The van der Waals surface area contributed by atoms with E-state index in [1.807, 2.05) is 26.2 Å². The molecule has 0 unspecified atom stereocenters. The SMILES string of the molecule is Cc1nc(CNc2nnc(C)c(C)c2C#N)cs1. The summed E-state index contributed by atoms with van der Waals surface area (Å²) >= 11 is 1.60. The summed E-state index contributed by atoms with van der Waals surface area (Å²) in [4.78, 5) is 4.35. The van der Waals surface area contributed by atoms with Crippen molar-refractivity contribution in [3.63, 3.8) is 0 Å². The molecule has 0 amide bonds. The third-order valence-corrected chi connectivity index (χ3v) is 3.49. The van der Waals surface area contributed by atoms with E-state index in [0.717, 1.165) is 22.0 Å². The van der Waals surface area contributed by atoms with Gasteiger partial charge in [0.05, 0.1) is 22.9 Å². The molecule has 0 saturated heterocycles. The van der Waals surface area contributed by atoms with Crippen LogP contribution >= 0.6 is 11.3 Å². The number of aryl methyl sites for hydroxylation is 2. The molecule has 0 fully saturated rings. The monoisotopic (exact) mass is 259 g/mol. The van der Waals surface area contributed by atoms with Crippen LogP contribution in [0.25, 0.3) is 0 Å². The summed E-state index contributed by atoms with van der Waals surface area (Å²) in [5.74, 6) is 0.520. The van der Waals surface area contributed by atoms with Crippen molar-refractivity contribution >= 4 is 17.2 Å². The molecule has 0 saturated carbocycles. The van der Waals surface area contributed by atoms with E-state index in [1.165, 1.54) is 0 Å². The lowest BCUT2D eigenvalue weighted by Crippen LogP contribution is -2.07. The second kappa shape index (κ2) is 5.10. The van der Waals surface area contributed by atoms with Gasteiger partial charge in [-0.1, -0.05) is 0 Å². The van der Waals surface area contributed by atoms with Crippen LogP contribution in [0.2, 0.25) is 0 Å². The Morgan fingerprint density at radius 3 is 2.72 bits per heavy atom. The van der Waals surface area contributed by atoms with Crippen LogP contribution in [0.1, 0.15) is 27.5 Å². The Hall–Kier alpha value is -2.00. The molecule has 0 aliphatic carbocycles. The van der Waals surface area contributed by atoms with Crippen molar-refractivity contribution < 1.29 is 0 Å². The minimum absolute atomic E-state index is 0.520. The molecule has 0 spiro atoms. The first-order chi connectivity index (χ1) is 8.61. The van der Waals surface area contributed by atoms with Crippen LogP contribution in [0.15, 0.2) is 5.38 Å². The molecule has 0 aromatic carbocycles. The normalized spacial score (nSPS) is 10.1. The second-order valence-corrected chi connectivity index (χ2v) is 5.02. The van der Waals surface area contributed by atoms with Gasteiger partial charge in [0.1, 0.15) is 11.6 Å². The van der Waals surface area contributed by atoms with Gasteiger partial charge in [0, 0.05) is 5.38 Å². The Kier molecular flexibility index (Phi) is 3.53. The molecule has 0 aliphatic heterocycles. The summed E-state index contributed by atoms with van der Waals surface area (Å²) in [5, 5.41) is 23.3. The van der Waals surface area contributed by atoms with Crippen molar-refractivity contribution in [3.05, 3.63) is 32.9 Å². The highest BCUT2D eigenvalue weighted by Crippen LogP contribution is 2.18. The number of nitriles is 1.